The summed E-state index contributed by atoms with van der Waals surface area (Å²) >= 11 is 0. The Balaban J connectivity index is 1.60. The zero-order valence-electron chi connectivity index (χ0n) is 15.1. The maximum atomic E-state index is 9.97. The molecule has 4 unspecified atom stereocenters. The topological polar surface area (TPSA) is 97.6 Å². The number of fused-ring (bicyclic) bond motifs is 1. The van der Waals surface area contributed by atoms with Gasteiger partial charge in [-0.1, -0.05) is 6.07 Å². The first-order valence-electron chi connectivity index (χ1n) is 8.73. The van der Waals surface area contributed by atoms with Gasteiger partial charge in [0.25, 0.3) is 0 Å². The largest absolute Gasteiger partial charge is 0.504 e. The van der Waals surface area contributed by atoms with Gasteiger partial charge in [0.1, 0.15) is 0 Å². The zero-order valence-corrected chi connectivity index (χ0v) is 15.1. The molecule has 2 heterocycles. The molecule has 4 rings (SSSR count). The van der Waals surface area contributed by atoms with Crippen LogP contribution in [0, 0.1) is 11.8 Å². The summed E-state index contributed by atoms with van der Waals surface area (Å²) in [5.41, 5.74) is 1.66. The number of methoxy groups -OCH3 is 2. The highest BCUT2D eigenvalue weighted by molar-refractivity contribution is 5.52. The number of hydrogen-bond donors (Lipinski definition) is 3. The summed E-state index contributed by atoms with van der Waals surface area (Å²) in [6.45, 7) is 1.01. The summed E-state index contributed by atoms with van der Waals surface area (Å²) in [6.07, 6.45) is -0.429. The fourth-order valence-corrected chi connectivity index (χ4v) is 4.04. The third-order valence-corrected chi connectivity index (χ3v) is 5.42. The Bertz CT molecular complexity index is 850. The van der Waals surface area contributed by atoms with Crippen molar-refractivity contribution in [2.45, 2.75) is 12.2 Å². The molecule has 2 aliphatic rings. The molecule has 2 aliphatic heterocycles. The van der Waals surface area contributed by atoms with Crippen LogP contribution in [-0.2, 0) is 9.47 Å². The monoisotopic (exact) mass is 374 g/mol. The number of rotatable bonds is 4. The predicted molar refractivity (Wildman–Crippen MR) is 95.3 cm³/mol. The number of aromatic hydroxyl groups is 3. The van der Waals surface area contributed by atoms with Crippen LogP contribution in [0.1, 0.15) is 23.3 Å². The Labute approximate surface area is 156 Å². The van der Waals surface area contributed by atoms with Gasteiger partial charge in [-0.15, -0.1) is 0 Å². The Kier molecular flexibility index (Phi) is 4.49. The highest BCUT2D eigenvalue weighted by Gasteiger charge is 2.48. The highest BCUT2D eigenvalue weighted by atomic mass is 16.5. The third kappa shape index (κ3) is 2.93. The third-order valence-electron chi connectivity index (χ3n) is 5.42. The van der Waals surface area contributed by atoms with E-state index in [1.54, 1.807) is 18.2 Å². The minimum Gasteiger partial charge on any atom is -0.504 e. The smallest absolute Gasteiger partial charge is 0.200 e. The van der Waals surface area contributed by atoms with E-state index in [4.69, 9.17) is 18.9 Å². The van der Waals surface area contributed by atoms with Crippen LogP contribution >= 0.6 is 0 Å². The van der Waals surface area contributed by atoms with E-state index in [2.05, 4.69) is 0 Å². The Morgan fingerprint density at radius 3 is 2.00 bits per heavy atom. The molecule has 2 aromatic rings. The standard InChI is InChI=1S/C20H22O7/c1-24-16-6-10(3-4-14(16)21)19-12-8-27-20(13(12)9-26-19)11-5-15(22)18(23)17(7-11)25-2/h3-7,12-13,19-23H,8-9H2,1-2H3. The predicted octanol–water partition coefficient (Wildman–Crippen LogP) is 2.90. The second-order valence-corrected chi connectivity index (χ2v) is 6.86. The van der Waals surface area contributed by atoms with Crippen LogP contribution in [0.4, 0.5) is 0 Å². The number of hydrogen-bond acceptors (Lipinski definition) is 7. The van der Waals surface area contributed by atoms with Crippen LogP contribution in [0.2, 0.25) is 0 Å². The molecule has 0 bridgehead atoms. The van der Waals surface area contributed by atoms with Gasteiger partial charge in [-0.2, -0.15) is 0 Å². The van der Waals surface area contributed by atoms with Crippen LogP contribution in [0.25, 0.3) is 0 Å². The Hall–Kier alpha value is -2.64. The van der Waals surface area contributed by atoms with Crippen molar-refractivity contribution in [2.75, 3.05) is 27.4 Å². The van der Waals surface area contributed by atoms with Crippen molar-refractivity contribution >= 4 is 0 Å². The van der Waals surface area contributed by atoms with E-state index in [-0.39, 0.29) is 47.0 Å². The molecule has 4 atom stereocenters. The van der Waals surface area contributed by atoms with Gasteiger partial charge in [0.15, 0.2) is 23.0 Å². The molecule has 0 saturated carbocycles. The molecule has 7 heteroatoms. The van der Waals surface area contributed by atoms with Crippen molar-refractivity contribution in [1.82, 2.24) is 0 Å². The quantitative estimate of drug-likeness (QED) is 0.708. The van der Waals surface area contributed by atoms with Gasteiger partial charge in [0.2, 0.25) is 5.75 Å². The average molecular weight is 374 g/mol. The molecule has 2 fully saturated rings. The summed E-state index contributed by atoms with van der Waals surface area (Å²) in [5, 5.41) is 29.6. The molecular weight excluding hydrogens is 352 g/mol. The molecule has 3 N–H and O–H groups in total. The van der Waals surface area contributed by atoms with Gasteiger partial charge in [0.05, 0.1) is 39.6 Å². The van der Waals surface area contributed by atoms with Gasteiger partial charge < -0.3 is 34.3 Å². The first-order chi connectivity index (χ1) is 13.0. The minimum absolute atomic E-state index is 0.0861. The van der Waals surface area contributed by atoms with Crippen molar-refractivity contribution < 1.29 is 34.3 Å². The summed E-state index contributed by atoms with van der Waals surface area (Å²) in [4.78, 5) is 0. The van der Waals surface area contributed by atoms with E-state index in [1.807, 2.05) is 6.07 Å². The van der Waals surface area contributed by atoms with Crippen LogP contribution in [-0.4, -0.2) is 42.8 Å². The number of ether oxygens (including phenoxy) is 4. The van der Waals surface area contributed by atoms with Gasteiger partial charge in [0, 0.05) is 11.8 Å². The molecule has 0 amide bonds. The second-order valence-electron chi connectivity index (χ2n) is 6.86. The molecule has 144 valence electrons. The molecule has 2 aromatic carbocycles. The molecule has 27 heavy (non-hydrogen) atoms. The summed E-state index contributed by atoms with van der Waals surface area (Å²) in [6, 6.07) is 8.39. The minimum atomic E-state index is -0.285. The number of phenols is 3. The lowest BCUT2D eigenvalue weighted by molar-refractivity contribution is 0.0191. The first kappa shape index (κ1) is 17.8. The lowest BCUT2D eigenvalue weighted by atomic mass is 9.85. The van der Waals surface area contributed by atoms with Gasteiger partial charge in [-0.05, 0) is 35.4 Å². The summed E-state index contributed by atoms with van der Waals surface area (Å²) < 4.78 is 22.4. The fraction of sp³-hybridized carbons (Fsp3) is 0.400. The number of phenolic OH excluding ortho intramolecular Hbond substituents is 3. The van der Waals surface area contributed by atoms with E-state index in [9.17, 15) is 15.3 Å². The van der Waals surface area contributed by atoms with Gasteiger partial charge in [-0.25, -0.2) is 0 Å². The average Bonchev–Trinajstić information content (AvgIpc) is 3.26. The van der Waals surface area contributed by atoms with Crippen molar-refractivity contribution in [2.24, 2.45) is 11.8 Å². The normalized spacial score (nSPS) is 26.7. The molecule has 2 saturated heterocycles. The molecule has 0 spiro atoms. The van der Waals surface area contributed by atoms with E-state index < -0.39 is 0 Å². The van der Waals surface area contributed by atoms with E-state index in [0.717, 1.165) is 11.1 Å². The summed E-state index contributed by atoms with van der Waals surface area (Å²) in [7, 11) is 2.94. The molecular formula is C20H22O7. The van der Waals surface area contributed by atoms with Crippen molar-refractivity contribution in [3.63, 3.8) is 0 Å². The van der Waals surface area contributed by atoms with Crippen LogP contribution in [0.5, 0.6) is 28.7 Å². The first-order valence-corrected chi connectivity index (χ1v) is 8.73. The van der Waals surface area contributed by atoms with Gasteiger partial charge >= 0.3 is 0 Å². The molecule has 0 radical (unpaired) electrons. The Morgan fingerprint density at radius 2 is 1.37 bits per heavy atom. The molecule has 0 aliphatic carbocycles. The fourth-order valence-electron chi connectivity index (χ4n) is 4.04. The van der Waals surface area contributed by atoms with E-state index in [1.165, 1.54) is 20.3 Å². The summed E-state index contributed by atoms with van der Waals surface area (Å²) in [5.74, 6) is 0.402. The lowest BCUT2D eigenvalue weighted by Gasteiger charge is -2.18. The number of benzene rings is 2. The second kappa shape index (κ2) is 6.83. The Morgan fingerprint density at radius 1 is 0.778 bits per heavy atom. The van der Waals surface area contributed by atoms with Crippen LogP contribution in [0.15, 0.2) is 30.3 Å². The van der Waals surface area contributed by atoms with Crippen LogP contribution < -0.4 is 9.47 Å². The maximum Gasteiger partial charge on any atom is 0.200 e. The highest BCUT2D eigenvalue weighted by Crippen LogP contribution is 2.52. The molecule has 0 aromatic heterocycles. The van der Waals surface area contributed by atoms with Gasteiger partial charge in [-0.3, -0.25) is 0 Å². The van der Waals surface area contributed by atoms with Crippen LogP contribution in [0.3, 0.4) is 0 Å². The van der Waals surface area contributed by atoms with Crippen molar-refractivity contribution in [3.8, 4) is 28.7 Å². The zero-order chi connectivity index (χ0) is 19.1. The lowest BCUT2D eigenvalue weighted by Crippen LogP contribution is -2.14. The van der Waals surface area contributed by atoms with Crippen molar-refractivity contribution in [3.05, 3.63) is 41.5 Å². The van der Waals surface area contributed by atoms with Crippen molar-refractivity contribution in [1.29, 1.82) is 0 Å². The van der Waals surface area contributed by atoms with E-state index in [0.29, 0.717) is 19.0 Å². The molecule has 7 nitrogen and oxygen atoms in total. The maximum absolute atomic E-state index is 9.97. The van der Waals surface area contributed by atoms with E-state index >= 15 is 0 Å². The SMILES string of the molecule is COc1cc(C2OCC3C(c4cc(O)c(O)c(OC)c4)OCC23)ccc1O.